The van der Waals surface area contributed by atoms with E-state index in [9.17, 15) is 4.79 Å². The monoisotopic (exact) mass is 355 g/mol. The van der Waals surface area contributed by atoms with Crippen LogP contribution in [0.1, 0.15) is 27.2 Å². The maximum Gasteiger partial charge on any atom is 0.287 e. The maximum atomic E-state index is 11.9. The van der Waals surface area contributed by atoms with Crippen molar-refractivity contribution < 1.29 is 13.9 Å². The molecule has 128 valence electrons. The van der Waals surface area contributed by atoms with Crippen LogP contribution in [0.25, 0.3) is 0 Å². The van der Waals surface area contributed by atoms with Gasteiger partial charge in [0.15, 0.2) is 11.0 Å². The molecule has 0 aliphatic carbocycles. The molecule has 0 aliphatic heterocycles. The first kappa shape index (κ1) is 17.3. The predicted molar refractivity (Wildman–Crippen MR) is 96.3 cm³/mol. The van der Waals surface area contributed by atoms with Crippen molar-refractivity contribution in [3.05, 3.63) is 94.4 Å². The Morgan fingerprint density at radius 3 is 2.16 bits per heavy atom. The minimum Gasteiger partial charge on any atom is -0.440 e. The van der Waals surface area contributed by atoms with Crippen LogP contribution < -0.4 is 5.32 Å². The van der Waals surface area contributed by atoms with Gasteiger partial charge in [-0.1, -0.05) is 54.6 Å². The Hall–Kier alpha value is -2.56. The van der Waals surface area contributed by atoms with Crippen LogP contribution in [0, 0.1) is 0 Å². The highest BCUT2D eigenvalue weighted by atomic mass is 35.5. The van der Waals surface area contributed by atoms with Gasteiger partial charge in [-0.2, -0.15) is 0 Å². The third-order valence-electron chi connectivity index (χ3n) is 3.65. The number of nitrogens with one attached hydrogen (secondary N) is 1. The van der Waals surface area contributed by atoms with Gasteiger partial charge in [0.1, 0.15) is 0 Å². The van der Waals surface area contributed by atoms with Gasteiger partial charge in [-0.15, -0.1) is 0 Å². The summed E-state index contributed by atoms with van der Waals surface area (Å²) in [6.45, 7) is 1.55. The number of halogens is 1. The number of carbonyl (C=O) groups excluding carboxylic acids is 1. The molecule has 1 amide bonds. The molecule has 0 saturated carbocycles. The van der Waals surface area contributed by atoms with Crippen LogP contribution in [0.4, 0.5) is 0 Å². The van der Waals surface area contributed by atoms with Crippen LogP contribution in [-0.2, 0) is 24.5 Å². The fourth-order valence-corrected chi connectivity index (χ4v) is 2.47. The molecule has 0 unspecified atom stereocenters. The van der Waals surface area contributed by atoms with E-state index in [0.717, 1.165) is 16.7 Å². The second-order valence-electron chi connectivity index (χ2n) is 5.58. The van der Waals surface area contributed by atoms with E-state index in [1.54, 1.807) is 12.1 Å². The third kappa shape index (κ3) is 5.21. The molecular formula is C20H18ClNO3. The summed E-state index contributed by atoms with van der Waals surface area (Å²) in [5, 5.41) is 2.99. The smallest absolute Gasteiger partial charge is 0.287 e. The molecule has 1 heterocycles. The van der Waals surface area contributed by atoms with E-state index in [0.29, 0.717) is 19.8 Å². The lowest BCUT2D eigenvalue weighted by Crippen LogP contribution is -2.22. The van der Waals surface area contributed by atoms with Gasteiger partial charge in [0, 0.05) is 6.54 Å². The van der Waals surface area contributed by atoms with Crippen LogP contribution in [-0.4, -0.2) is 5.91 Å². The maximum absolute atomic E-state index is 11.9. The summed E-state index contributed by atoms with van der Waals surface area (Å²) in [5.74, 6) is -0.0851. The van der Waals surface area contributed by atoms with Crippen LogP contribution in [0.2, 0.25) is 5.22 Å². The van der Waals surface area contributed by atoms with E-state index in [1.807, 2.05) is 54.6 Å². The Morgan fingerprint density at radius 2 is 1.52 bits per heavy atom. The first-order valence-corrected chi connectivity index (χ1v) is 8.31. The van der Waals surface area contributed by atoms with Gasteiger partial charge in [0.05, 0.1) is 13.2 Å². The lowest BCUT2D eigenvalue weighted by molar-refractivity contribution is 0.0923. The molecule has 0 bridgehead atoms. The van der Waals surface area contributed by atoms with Crippen molar-refractivity contribution in [1.29, 1.82) is 0 Å². The molecule has 3 aromatic rings. The Balaban J connectivity index is 1.44. The number of amides is 1. The number of carbonyl (C=O) groups is 1. The van der Waals surface area contributed by atoms with E-state index in [-0.39, 0.29) is 16.9 Å². The molecule has 5 heteroatoms. The number of ether oxygens (including phenoxy) is 1. The number of benzene rings is 2. The zero-order valence-corrected chi connectivity index (χ0v) is 14.3. The fraction of sp³-hybridized carbons (Fsp3) is 0.150. The second-order valence-corrected chi connectivity index (χ2v) is 5.95. The molecule has 0 radical (unpaired) electrons. The van der Waals surface area contributed by atoms with Gasteiger partial charge < -0.3 is 14.5 Å². The van der Waals surface area contributed by atoms with Crippen molar-refractivity contribution in [2.75, 3.05) is 0 Å². The van der Waals surface area contributed by atoms with E-state index >= 15 is 0 Å². The van der Waals surface area contributed by atoms with Gasteiger partial charge in [-0.05, 0) is 40.4 Å². The molecule has 25 heavy (non-hydrogen) atoms. The first-order chi connectivity index (χ1) is 12.2. The summed E-state index contributed by atoms with van der Waals surface area (Å²) in [5.41, 5.74) is 3.24. The zero-order chi connectivity index (χ0) is 17.5. The molecular weight excluding hydrogens is 338 g/mol. The summed E-state index contributed by atoms with van der Waals surface area (Å²) >= 11 is 5.66. The molecule has 0 fully saturated rings. The molecule has 2 aromatic carbocycles. The minimum absolute atomic E-state index is 0.199. The van der Waals surface area contributed by atoms with Gasteiger partial charge in [-0.3, -0.25) is 4.79 Å². The summed E-state index contributed by atoms with van der Waals surface area (Å²) in [7, 11) is 0. The summed E-state index contributed by atoms with van der Waals surface area (Å²) in [6.07, 6.45) is 0. The quantitative estimate of drug-likeness (QED) is 0.675. The average molecular weight is 356 g/mol. The van der Waals surface area contributed by atoms with Gasteiger partial charge in [0.25, 0.3) is 5.91 Å². The van der Waals surface area contributed by atoms with Crippen molar-refractivity contribution in [3.63, 3.8) is 0 Å². The van der Waals surface area contributed by atoms with E-state index < -0.39 is 0 Å². The topological polar surface area (TPSA) is 51.5 Å². The summed E-state index contributed by atoms with van der Waals surface area (Å²) in [6, 6.07) is 21.1. The summed E-state index contributed by atoms with van der Waals surface area (Å²) < 4.78 is 10.8. The lowest BCUT2D eigenvalue weighted by Gasteiger charge is -2.07. The van der Waals surface area contributed by atoms with Crippen LogP contribution in [0.15, 0.2) is 71.1 Å². The SMILES string of the molecule is O=C(NCc1ccc(COCc2ccccc2)cc1)c1ccc(Cl)o1. The molecule has 3 rings (SSSR count). The first-order valence-electron chi connectivity index (χ1n) is 7.94. The Kier molecular flexibility index (Phi) is 5.88. The van der Waals surface area contributed by atoms with Crippen molar-refractivity contribution >= 4 is 17.5 Å². The largest absolute Gasteiger partial charge is 0.440 e. The van der Waals surface area contributed by atoms with Gasteiger partial charge in [0.2, 0.25) is 0 Å². The highest BCUT2D eigenvalue weighted by Gasteiger charge is 2.09. The highest BCUT2D eigenvalue weighted by molar-refractivity contribution is 6.29. The molecule has 0 aliphatic rings. The van der Waals surface area contributed by atoms with Crippen molar-refractivity contribution in [3.8, 4) is 0 Å². The second kappa shape index (κ2) is 8.51. The van der Waals surface area contributed by atoms with Crippen LogP contribution >= 0.6 is 11.6 Å². The zero-order valence-electron chi connectivity index (χ0n) is 13.6. The van der Waals surface area contributed by atoms with Crippen molar-refractivity contribution in [1.82, 2.24) is 5.32 Å². The fourth-order valence-electron chi connectivity index (χ4n) is 2.32. The number of hydrogen-bond acceptors (Lipinski definition) is 3. The van der Waals surface area contributed by atoms with E-state index in [1.165, 1.54) is 0 Å². The Bertz CT molecular complexity index is 812. The number of furan rings is 1. The Labute approximate surface area is 151 Å². The van der Waals surface area contributed by atoms with Crippen LogP contribution in [0.3, 0.4) is 0 Å². The van der Waals surface area contributed by atoms with Crippen LogP contribution in [0.5, 0.6) is 0 Å². The molecule has 4 nitrogen and oxygen atoms in total. The van der Waals surface area contributed by atoms with E-state index in [4.69, 9.17) is 20.8 Å². The predicted octanol–water partition coefficient (Wildman–Crippen LogP) is 4.58. The minimum atomic E-state index is -0.290. The Morgan fingerprint density at radius 1 is 0.880 bits per heavy atom. The van der Waals surface area contributed by atoms with Crippen molar-refractivity contribution in [2.45, 2.75) is 19.8 Å². The normalized spacial score (nSPS) is 10.6. The molecule has 0 saturated heterocycles. The molecule has 1 N–H and O–H groups in total. The standard InChI is InChI=1S/C20H18ClNO3/c21-19-11-10-18(25-19)20(23)22-12-15-6-8-17(9-7-15)14-24-13-16-4-2-1-3-5-16/h1-11H,12-14H2,(H,22,23). The van der Waals surface area contributed by atoms with Crippen molar-refractivity contribution in [2.24, 2.45) is 0 Å². The lowest BCUT2D eigenvalue weighted by atomic mass is 10.1. The van der Waals surface area contributed by atoms with Gasteiger partial charge >= 0.3 is 0 Å². The summed E-state index contributed by atoms with van der Waals surface area (Å²) in [4.78, 5) is 11.9. The third-order valence-corrected chi connectivity index (χ3v) is 3.86. The average Bonchev–Trinajstić information content (AvgIpc) is 3.08. The highest BCUT2D eigenvalue weighted by Crippen LogP contribution is 2.13. The number of rotatable bonds is 7. The number of hydrogen-bond donors (Lipinski definition) is 1. The van der Waals surface area contributed by atoms with Gasteiger partial charge in [-0.25, -0.2) is 0 Å². The van der Waals surface area contributed by atoms with E-state index in [2.05, 4.69) is 5.32 Å². The molecule has 0 spiro atoms. The molecule has 1 aromatic heterocycles. The molecule has 0 atom stereocenters.